The molecule has 106 valence electrons. The lowest BCUT2D eigenvalue weighted by atomic mass is 9.81. The Balaban J connectivity index is 1.83. The van der Waals surface area contributed by atoms with E-state index < -0.39 is 0 Å². The fraction of sp³-hybridized carbons (Fsp3) is 0.182. The summed E-state index contributed by atoms with van der Waals surface area (Å²) >= 11 is 0. The van der Waals surface area contributed by atoms with Crippen molar-refractivity contribution in [3.05, 3.63) is 81.8 Å². The maximum atomic E-state index is 2.47. The van der Waals surface area contributed by atoms with Crippen molar-refractivity contribution in [1.29, 1.82) is 0 Å². The molecule has 2 aromatic rings. The maximum absolute atomic E-state index is 2.47. The molecule has 0 unspecified atom stereocenters. The minimum Gasteiger partial charge on any atom is -0.0760 e. The molecular formula is C22H18. The van der Waals surface area contributed by atoms with Crippen LogP contribution in [0.4, 0.5) is 0 Å². The van der Waals surface area contributed by atoms with Gasteiger partial charge in [0.1, 0.15) is 0 Å². The molecule has 22 heavy (non-hydrogen) atoms. The van der Waals surface area contributed by atoms with Crippen LogP contribution in [0.25, 0.3) is 22.8 Å². The van der Waals surface area contributed by atoms with Crippen molar-refractivity contribution < 1.29 is 0 Å². The van der Waals surface area contributed by atoms with E-state index >= 15 is 0 Å². The lowest BCUT2D eigenvalue weighted by molar-refractivity contribution is 0.924. The van der Waals surface area contributed by atoms with Crippen LogP contribution in [0.15, 0.2) is 60.2 Å². The Hall–Kier alpha value is -2.34. The van der Waals surface area contributed by atoms with Crippen molar-refractivity contribution in [2.24, 2.45) is 0 Å². The van der Waals surface area contributed by atoms with Gasteiger partial charge in [-0.3, -0.25) is 0 Å². The van der Waals surface area contributed by atoms with Gasteiger partial charge in [0, 0.05) is 0 Å². The van der Waals surface area contributed by atoms with Gasteiger partial charge in [-0.25, -0.2) is 0 Å². The van der Waals surface area contributed by atoms with E-state index in [1.165, 1.54) is 58.4 Å². The van der Waals surface area contributed by atoms with Crippen LogP contribution in [0.1, 0.15) is 24.0 Å². The van der Waals surface area contributed by atoms with Gasteiger partial charge in [0.15, 0.2) is 0 Å². The number of fused-ring (bicyclic) bond motifs is 5. The maximum Gasteiger partial charge on any atom is -0.0143 e. The number of allylic oxidation sites excluding steroid dienone is 4. The van der Waals surface area contributed by atoms with E-state index in [0.29, 0.717) is 0 Å². The molecule has 0 atom stereocenters. The fourth-order valence-corrected chi connectivity index (χ4v) is 4.13. The highest BCUT2D eigenvalue weighted by molar-refractivity contribution is 5.78. The Labute approximate surface area is 130 Å². The Morgan fingerprint density at radius 1 is 0.818 bits per heavy atom. The molecule has 0 fully saturated rings. The molecule has 0 radical (unpaired) electrons. The highest BCUT2D eigenvalue weighted by Crippen LogP contribution is 2.32. The molecule has 0 spiro atoms. The van der Waals surface area contributed by atoms with Crippen LogP contribution in [0.2, 0.25) is 0 Å². The quantitative estimate of drug-likeness (QED) is 0.748. The van der Waals surface area contributed by atoms with Crippen molar-refractivity contribution in [3.63, 3.8) is 0 Å². The summed E-state index contributed by atoms with van der Waals surface area (Å²) in [5.41, 5.74) is 8.94. The van der Waals surface area contributed by atoms with Crippen LogP contribution in [-0.2, 0) is 12.8 Å². The molecule has 0 nitrogen and oxygen atoms in total. The molecule has 0 saturated heterocycles. The molecule has 0 aliphatic heterocycles. The van der Waals surface area contributed by atoms with Crippen molar-refractivity contribution in [1.82, 2.24) is 0 Å². The largest absolute Gasteiger partial charge is 0.0760 e. The van der Waals surface area contributed by atoms with Gasteiger partial charge in [-0.1, -0.05) is 60.7 Å². The Kier molecular flexibility index (Phi) is 2.54. The predicted octanol–water partition coefficient (Wildman–Crippen LogP) is 3.67. The molecule has 2 aromatic carbocycles. The van der Waals surface area contributed by atoms with Gasteiger partial charge in [-0.05, 0) is 69.5 Å². The summed E-state index contributed by atoms with van der Waals surface area (Å²) in [6.45, 7) is 0. The highest BCUT2D eigenvalue weighted by atomic mass is 14.2. The van der Waals surface area contributed by atoms with Crippen LogP contribution < -0.4 is 10.4 Å². The summed E-state index contributed by atoms with van der Waals surface area (Å²) in [7, 11) is 0. The summed E-state index contributed by atoms with van der Waals surface area (Å²) < 4.78 is 0. The molecule has 0 aromatic heterocycles. The topological polar surface area (TPSA) is 0 Å². The minimum absolute atomic E-state index is 1.17. The summed E-state index contributed by atoms with van der Waals surface area (Å²) in [5, 5.41) is 2.98. The Bertz CT molecular complexity index is 968. The third-order valence-corrected chi connectivity index (χ3v) is 5.28. The van der Waals surface area contributed by atoms with E-state index in [-0.39, 0.29) is 0 Å². The zero-order valence-corrected chi connectivity index (χ0v) is 12.6. The predicted molar refractivity (Wildman–Crippen MR) is 92.9 cm³/mol. The first-order chi connectivity index (χ1) is 10.9. The number of hydrogen-bond donors (Lipinski definition) is 0. The van der Waals surface area contributed by atoms with E-state index in [0.717, 1.165) is 0 Å². The van der Waals surface area contributed by atoms with Crippen molar-refractivity contribution >= 4 is 11.6 Å². The lowest BCUT2D eigenvalue weighted by Crippen LogP contribution is -2.35. The van der Waals surface area contributed by atoms with Crippen LogP contribution in [-0.4, -0.2) is 0 Å². The minimum atomic E-state index is 1.17. The molecule has 0 heteroatoms. The van der Waals surface area contributed by atoms with E-state index in [4.69, 9.17) is 0 Å². The van der Waals surface area contributed by atoms with Crippen LogP contribution in [0.5, 0.6) is 0 Å². The smallest absolute Gasteiger partial charge is 0.0143 e. The van der Waals surface area contributed by atoms with Crippen LogP contribution >= 0.6 is 0 Å². The second-order valence-corrected chi connectivity index (χ2v) is 6.41. The first kappa shape index (κ1) is 12.2. The number of aryl methyl sites for hydroxylation is 1. The number of rotatable bonds is 1. The normalized spacial score (nSPS) is 17.6. The monoisotopic (exact) mass is 282 g/mol. The summed E-state index contributed by atoms with van der Waals surface area (Å²) in [6, 6.07) is 13.6. The Morgan fingerprint density at radius 2 is 1.73 bits per heavy atom. The van der Waals surface area contributed by atoms with Crippen LogP contribution in [0.3, 0.4) is 0 Å². The zero-order valence-electron chi connectivity index (χ0n) is 12.6. The van der Waals surface area contributed by atoms with Crippen molar-refractivity contribution in [3.8, 4) is 11.1 Å². The second-order valence-electron chi connectivity index (χ2n) is 6.41. The van der Waals surface area contributed by atoms with Gasteiger partial charge >= 0.3 is 0 Å². The molecule has 0 bridgehead atoms. The third kappa shape index (κ3) is 1.64. The summed E-state index contributed by atoms with van der Waals surface area (Å²) in [6.07, 6.45) is 13.8. The first-order valence-electron chi connectivity index (χ1n) is 8.24. The van der Waals surface area contributed by atoms with Gasteiger partial charge in [-0.15, -0.1) is 0 Å². The first-order valence-corrected chi connectivity index (χ1v) is 8.24. The summed E-state index contributed by atoms with van der Waals surface area (Å²) in [4.78, 5) is 0. The average molecular weight is 282 g/mol. The molecule has 0 saturated carbocycles. The van der Waals surface area contributed by atoms with Crippen LogP contribution in [0, 0.1) is 0 Å². The summed E-state index contributed by atoms with van der Waals surface area (Å²) in [5.74, 6) is 0. The zero-order chi connectivity index (χ0) is 14.5. The van der Waals surface area contributed by atoms with E-state index in [1.54, 1.807) is 11.1 Å². The van der Waals surface area contributed by atoms with Crippen molar-refractivity contribution in [2.75, 3.05) is 0 Å². The molecule has 3 aliphatic carbocycles. The third-order valence-electron chi connectivity index (χ3n) is 5.28. The number of benzene rings is 2. The van der Waals surface area contributed by atoms with Gasteiger partial charge in [0.25, 0.3) is 0 Å². The highest BCUT2D eigenvalue weighted by Gasteiger charge is 2.19. The van der Waals surface area contributed by atoms with Gasteiger partial charge in [-0.2, -0.15) is 0 Å². The second kappa shape index (κ2) is 4.58. The average Bonchev–Trinajstić information content (AvgIpc) is 2.53. The lowest BCUT2D eigenvalue weighted by Gasteiger charge is -2.23. The molecular weight excluding hydrogens is 264 g/mol. The fourth-order valence-electron chi connectivity index (χ4n) is 4.13. The molecule has 0 amide bonds. The number of hydrogen-bond acceptors (Lipinski definition) is 0. The van der Waals surface area contributed by atoms with E-state index in [9.17, 15) is 0 Å². The standard InChI is InChI=1S/C22H18/c1-2-8-17-16(5-1)11-12-22-19-10-4-9-18(15-6-3-7-15)20(19)13-14-21(17)22/h1-3,5-8,10,13-14H,4,9,11-12H2. The molecule has 5 rings (SSSR count). The van der Waals surface area contributed by atoms with Crippen molar-refractivity contribution in [2.45, 2.75) is 25.7 Å². The SMILES string of the molecule is C1=CC(C2=c3ccc4c(c3=CCC2)CCc2ccccc2-4)=C1. The van der Waals surface area contributed by atoms with Gasteiger partial charge in [0.2, 0.25) is 0 Å². The van der Waals surface area contributed by atoms with E-state index in [1.807, 2.05) is 0 Å². The van der Waals surface area contributed by atoms with Gasteiger partial charge < -0.3 is 0 Å². The Morgan fingerprint density at radius 3 is 2.59 bits per heavy atom. The molecule has 0 N–H and O–H groups in total. The molecule has 3 aliphatic rings. The van der Waals surface area contributed by atoms with Gasteiger partial charge in [0.05, 0.1) is 0 Å². The molecule has 0 heterocycles. The van der Waals surface area contributed by atoms with E-state index in [2.05, 4.69) is 60.7 Å².